The molecule has 58 valence electrons. The highest BCUT2D eigenvalue weighted by molar-refractivity contribution is 5.85. The summed E-state index contributed by atoms with van der Waals surface area (Å²) in [7, 11) is 0. The van der Waals surface area contributed by atoms with Crippen molar-refractivity contribution in [3.8, 4) is 6.07 Å². The number of hydrogen-bond acceptors (Lipinski definition) is 2. The lowest BCUT2D eigenvalue weighted by molar-refractivity contribution is 0.596. The molecule has 2 aromatic heterocycles. The van der Waals surface area contributed by atoms with Crippen LogP contribution in [0.3, 0.4) is 0 Å². The molecule has 0 saturated heterocycles. The van der Waals surface area contributed by atoms with Gasteiger partial charge in [0.05, 0.1) is 16.5 Å². The predicted molar refractivity (Wildman–Crippen MR) is 40.8 cm³/mol. The monoisotopic (exact) mass is 161 g/mol. The lowest BCUT2D eigenvalue weighted by atomic mass is 10.2. The van der Waals surface area contributed by atoms with E-state index in [4.69, 9.17) is 5.26 Å². The number of hydrogen-bond donors (Lipinski definition) is 1. The molecule has 0 bridgehead atoms. The van der Waals surface area contributed by atoms with Crippen LogP contribution in [0.5, 0.6) is 0 Å². The van der Waals surface area contributed by atoms with Crippen molar-refractivity contribution in [2.75, 3.05) is 0 Å². The second-order valence-electron chi connectivity index (χ2n) is 2.34. The molecule has 0 aliphatic carbocycles. The van der Waals surface area contributed by atoms with E-state index in [2.05, 4.69) is 9.97 Å². The van der Waals surface area contributed by atoms with Gasteiger partial charge in [0, 0.05) is 12.4 Å². The van der Waals surface area contributed by atoms with Crippen LogP contribution in [-0.4, -0.2) is 9.97 Å². The number of nitrogens with one attached hydrogen (secondary N) is 1. The molecule has 12 heavy (non-hydrogen) atoms. The van der Waals surface area contributed by atoms with Gasteiger partial charge in [0.25, 0.3) is 0 Å². The van der Waals surface area contributed by atoms with Gasteiger partial charge >= 0.3 is 0 Å². The van der Waals surface area contributed by atoms with E-state index < -0.39 is 5.95 Å². The van der Waals surface area contributed by atoms with E-state index >= 15 is 0 Å². The van der Waals surface area contributed by atoms with Crippen molar-refractivity contribution in [3.63, 3.8) is 0 Å². The lowest BCUT2D eigenvalue weighted by Gasteiger charge is -1.89. The molecule has 0 aromatic carbocycles. The standard InChI is InChI=1S/C8H4FN3/c9-8-7-5(3-10)4-12-6(7)1-2-11-8/h1-2,4,12H. The lowest BCUT2D eigenvalue weighted by Crippen LogP contribution is -1.82. The van der Waals surface area contributed by atoms with Crippen molar-refractivity contribution < 1.29 is 4.39 Å². The van der Waals surface area contributed by atoms with Crippen molar-refractivity contribution in [1.29, 1.82) is 5.26 Å². The van der Waals surface area contributed by atoms with Gasteiger partial charge in [-0.25, -0.2) is 4.98 Å². The molecule has 0 radical (unpaired) electrons. The van der Waals surface area contributed by atoms with Crippen molar-refractivity contribution in [2.45, 2.75) is 0 Å². The summed E-state index contributed by atoms with van der Waals surface area (Å²) in [6.07, 6.45) is 2.82. The molecule has 0 atom stereocenters. The minimum atomic E-state index is -0.606. The number of aromatic nitrogens is 2. The molecule has 3 nitrogen and oxygen atoms in total. The summed E-state index contributed by atoms with van der Waals surface area (Å²) in [4.78, 5) is 6.23. The van der Waals surface area contributed by atoms with E-state index in [0.29, 0.717) is 5.52 Å². The van der Waals surface area contributed by atoms with Crippen LogP contribution in [0.4, 0.5) is 4.39 Å². The van der Waals surface area contributed by atoms with Crippen LogP contribution in [0.1, 0.15) is 5.56 Å². The molecule has 2 rings (SSSR count). The highest BCUT2D eigenvalue weighted by atomic mass is 19.1. The van der Waals surface area contributed by atoms with Crippen molar-refractivity contribution >= 4 is 10.9 Å². The van der Waals surface area contributed by atoms with E-state index in [-0.39, 0.29) is 10.9 Å². The van der Waals surface area contributed by atoms with E-state index in [1.165, 1.54) is 12.4 Å². The molecule has 4 heteroatoms. The highest BCUT2D eigenvalue weighted by Gasteiger charge is 2.07. The average molecular weight is 161 g/mol. The Bertz CT molecular complexity index is 467. The van der Waals surface area contributed by atoms with Crippen molar-refractivity contribution in [3.05, 3.63) is 30.0 Å². The van der Waals surface area contributed by atoms with E-state index in [0.717, 1.165) is 0 Å². The zero-order valence-electron chi connectivity index (χ0n) is 6.00. The van der Waals surface area contributed by atoms with Crippen LogP contribution in [0.15, 0.2) is 18.5 Å². The first-order valence-electron chi connectivity index (χ1n) is 3.34. The summed E-state index contributed by atoms with van der Waals surface area (Å²) in [6.45, 7) is 0. The van der Waals surface area contributed by atoms with Gasteiger partial charge in [-0.2, -0.15) is 9.65 Å². The summed E-state index contributed by atoms with van der Waals surface area (Å²) in [6, 6.07) is 3.50. The van der Waals surface area contributed by atoms with Gasteiger partial charge in [0.2, 0.25) is 5.95 Å². The molecule has 0 aliphatic rings. The number of halogens is 1. The van der Waals surface area contributed by atoms with Crippen LogP contribution in [0, 0.1) is 17.3 Å². The maximum absolute atomic E-state index is 13.0. The molecule has 0 fully saturated rings. The maximum atomic E-state index is 13.0. The summed E-state index contributed by atoms with van der Waals surface area (Å²) in [5.41, 5.74) is 0.884. The van der Waals surface area contributed by atoms with Crippen molar-refractivity contribution in [1.82, 2.24) is 9.97 Å². The van der Waals surface area contributed by atoms with E-state index in [1.54, 1.807) is 6.07 Å². The smallest absolute Gasteiger partial charge is 0.223 e. The largest absolute Gasteiger partial charge is 0.360 e. The molecule has 2 aromatic rings. The number of H-pyrrole nitrogens is 1. The van der Waals surface area contributed by atoms with E-state index in [9.17, 15) is 4.39 Å². The first-order chi connectivity index (χ1) is 5.83. The minimum Gasteiger partial charge on any atom is -0.360 e. The first-order valence-corrected chi connectivity index (χ1v) is 3.34. The SMILES string of the molecule is N#Cc1c[nH]c2ccnc(F)c12. The zero-order chi connectivity index (χ0) is 8.55. The number of rotatable bonds is 0. The van der Waals surface area contributed by atoms with Gasteiger partial charge in [-0.15, -0.1) is 0 Å². The van der Waals surface area contributed by atoms with E-state index in [1.807, 2.05) is 6.07 Å². The summed E-state index contributed by atoms with van der Waals surface area (Å²) < 4.78 is 13.0. The number of fused-ring (bicyclic) bond motifs is 1. The summed E-state index contributed by atoms with van der Waals surface area (Å²) in [5.74, 6) is -0.606. The molecule has 2 heterocycles. The Morgan fingerprint density at radius 1 is 1.58 bits per heavy atom. The molecule has 0 amide bonds. The van der Waals surface area contributed by atoms with Gasteiger partial charge < -0.3 is 4.98 Å². The average Bonchev–Trinajstić information content (AvgIpc) is 2.49. The second-order valence-corrected chi connectivity index (χ2v) is 2.34. The van der Waals surface area contributed by atoms with Gasteiger partial charge in [0.1, 0.15) is 6.07 Å². The molecular formula is C8H4FN3. The fraction of sp³-hybridized carbons (Fsp3) is 0. The fourth-order valence-corrected chi connectivity index (χ4v) is 1.12. The normalized spacial score (nSPS) is 10.0. The maximum Gasteiger partial charge on any atom is 0.223 e. The van der Waals surface area contributed by atoms with Crippen molar-refractivity contribution in [2.24, 2.45) is 0 Å². The molecular weight excluding hydrogens is 157 g/mol. The van der Waals surface area contributed by atoms with Crippen LogP contribution in [0.25, 0.3) is 10.9 Å². The second kappa shape index (κ2) is 2.31. The Balaban J connectivity index is 2.95. The van der Waals surface area contributed by atoms with Crippen LogP contribution >= 0.6 is 0 Å². The Hall–Kier alpha value is -1.89. The number of nitriles is 1. The van der Waals surface area contributed by atoms with Crippen LogP contribution < -0.4 is 0 Å². The Morgan fingerprint density at radius 2 is 2.42 bits per heavy atom. The Morgan fingerprint density at radius 3 is 3.17 bits per heavy atom. The fourth-order valence-electron chi connectivity index (χ4n) is 1.12. The van der Waals surface area contributed by atoms with Crippen LogP contribution in [0.2, 0.25) is 0 Å². The third-order valence-corrected chi connectivity index (χ3v) is 1.67. The third kappa shape index (κ3) is 0.768. The number of nitrogens with zero attached hydrogens (tertiary/aromatic N) is 2. The third-order valence-electron chi connectivity index (χ3n) is 1.67. The number of aromatic amines is 1. The van der Waals surface area contributed by atoms with Gasteiger partial charge in [-0.1, -0.05) is 0 Å². The zero-order valence-corrected chi connectivity index (χ0v) is 6.00. The minimum absolute atomic E-state index is 0.264. The number of pyridine rings is 1. The Labute approximate surface area is 67.5 Å². The Kier molecular flexibility index (Phi) is 1.31. The molecule has 0 spiro atoms. The van der Waals surface area contributed by atoms with Gasteiger partial charge in [-0.05, 0) is 6.07 Å². The first kappa shape index (κ1) is 6.80. The van der Waals surface area contributed by atoms with Crippen LogP contribution in [-0.2, 0) is 0 Å². The molecule has 1 N–H and O–H groups in total. The topological polar surface area (TPSA) is 52.5 Å². The molecule has 0 saturated carbocycles. The van der Waals surface area contributed by atoms with Gasteiger partial charge in [-0.3, -0.25) is 0 Å². The molecule has 0 aliphatic heterocycles. The quantitative estimate of drug-likeness (QED) is 0.596. The predicted octanol–water partition coefficient (Wildman–Crippen LogP) is 1.57. The summed E-state index contributed by atoms with van der Waals surface area (Å²) >= 11 is 0. The molecule has 0 unspecified atom stereocenters. The summed E-state index contributed by atoms with van der Waals surface area (Å²) in [5, 5.41) is 8.85. The highest BCUT2D eigenvalue weighted by Crippen LogP contribution is 2.18. The van der Waals surface area contributed by atoms with Gasteiger partial charge in [0.15, 0.2) is 0 Å².